The minimum Gasteiger partial charge on any atom is -0.422 e. The van der Waals surface area contributed by atoms with Crippen molar-refractivity contribution in [3.63, 3.8) is 0 Å². The Hall–Kier alpha value is -2.23. The van der Waals surface area contributed by atoms with E-state index in [0.29, 0.717) is 23.1 Å². The van der Waals surface area contributed by atoms with Gasteiger partial charge >= 0.3 is 5.97 Å². The van der Waals surface area contributed by atoms with Crippen molar-refractivity contribution in [1.29, 1.82) is 0 Å². The summed E-state index contributed by atoms with van der Waals surface area (Å²) in [5.41, 5.74) is 0.962. The summed E-state index contributed by atoms with van der Waals surface area (Å²) in [5.74, 6) is -1.16. The molecule has 20 heavy (non-hydrogen) atoms. The summed E-state index contributed by atoms with van der Waals surface area (Å²) in [6.45, 7) is 5.10. The Morgan fingerprint density at radius 2 is 1.65 bits per heavy atom. The second-order valence-electron chi connectivity index (χ2n) is 5.20. The molecule has 0 unspecified atom stereocenters. The highest BCUT2D eigenvalue weighted by Crippen LogP contribution is 2.30. The SMILES string of the molecule is CC(=O)OC1=C(CC(C)C)C(=O)c2ccccc2C1=O. The summed E-state index contributed by atoms with van der Waals surface area (Å²) in [5, 5.41) is 0. The second-order valence-corrected chi connectivity index (χ2v) is 5.20. The first-order valence-corrected chi connectivity index (χ1v) is 6.51. The predicted octanol–water partition coefficient (Wildman–Crippen LogP) is 2.93. The zero-order chi connectivity index (χ0) is 14.9. The highest BCUT2D eigenvalue weighted by molar-refractivity contribution is 6.26. The van der Waals surface area contributed by atoms with Gasteiger partial charge in [0.15, 0.2) is 11.5 Å². The lowest BCUT2D eigenvalue weighted by atomic mass is 9.84. The number of allylic oxidation sites excluding steroid dienone is 2. The third kappa shape index (κ3) is 2.54. The number of esters is 1. The van der Waals surface area contributed by atoms with Gasteiger partial charge in [-0.2, -0.15) is 0 Å². The summed E-state index contributed by atoms with van der Waals surface area (Å²) >= 11 is 0. The maximum atomic E-state index is 12.5. The lowest BCUT2D eigenvalue weighted by Crippen LogP contribution is -2.25. The highest BCUT2D eigenvalue weighted by Gasteiger charge is 2.34. The molecule has 0 atom stereocenters. The monoisotopic (exact) mass is 272 g/mol. The fraction of sp³-hybridized carbons (Fsp3) is 0.312. The van der Waals surface area contributed by atoms with Crippen LogP contribution in [0, 0.1) is 5.92 Å². The Kier molecular flexibility index (Phi) is 3.84. The van der Waals surface area contributed by atoms with E-state index in [1.807, 2.05) is 13.8 Å². The van der Waals surface area contributed by atoms with E-state index in [9.17, 15) is 14.4 Å². The molecule has 0 bridgehead atoms. The molecule has 2 rings (SSSR count). The van der Waals surface area contributed by atoms with Crippen molar-refractivity contribution in [2.75, 3.05) is 0 Å². The standard InChI is InChI=1S/C16H16O4/c1-9(2)8-13-14(18)11-6-4-5-7-12(11)15(19)16(13)20-10(3)17/h4-7,9H,8H2,1-3H3. The quantitative estimate of drug-likeness (QED) is 0.794. The van der Waals surface area contributed by atoms with Gasteiger partial charge in [-0.3, -0.25) is 14.4 Å². The molecule has 0 saturated heterocycles. The molecule has 0 radical (unpaired) electrons. The van der Waals surface area contributed by atoms with Gasteiger partial charge in [-0.25, -0.2) is 0 Å². The molecule has 1 aliphatic rings. The number of benzene rings is 1. The third-order valence-corrected chi connectivity index (χ3v) is 3.03. The van der Waals surface area contributed by atoms with Crippen LogP contribution >= 0.6 is 0 Å². The molecular formula is C16H16O4. The molecule has 4 heteroatoms. The molecule has 4 nitrogen and oxygen atoms in total. The van der Waals surface area contributed by atoms with Crippen molar-refractivity contribution in [1.82, 2.24) is 0 Å². The van der Waals surface area contributed by atoms with Gasteiger partial charge in [0, 0.05) is 23.6 Å². The Bertz CT molecular complexity index is 623. The van der Waals surface area contributed by atoms with Crippen LogP contribution in [-0.4, -0.2) is 17.5 Å². The van der Waals surface area contributed by atoms with E-state index < -0.39 is 11.8 Å². The minimum atomic E-state index is -0.596. The van der Waals surface area contributed by atoms with Crippen LogP contribution in [0.5, 0.6) is 0 Å². The van der Waals surface area contributed by atoms with Crippen molar-refractivity contribution in [3.05, 3.63) is 46.7 Å². The average Bonchev–Trinajstić information content (AvgIpc) is 2.39. The molecular weight excluding hydrogens is 256 g/mol. The molecule has 1 aromatic carbocycles. The number of rotatable bonds is 3. The number of ketones is 2. The molecule has 104 valence electrons. The van der Waals surface area contributed by atoms with Crippen molar-refractivity contribution in [2.45, 2.75) is 27.2 Å². The number of carbonyl (C=O) groups is 3. The van der Waals surface area contributed by atoms with Crippen LogP contribution in [0.3, 0.4) is 0 Å². The number of hydrogen-bond acceptors (Lipinski definition) is 4. The van der Waals surface area contributed by atoms with Gasteiger partial charge in [0.1, 0.15) is 0 Å². The van der Waals surface area contributed by atoms with E-state index in [4.69, 9.17) is 4.74 Å². The summed E-state index contributed by atoms with van der Waals surface area (Å²) in [6, 6.07) is 6.60. The molecule has 0 heterocycles. The number of ether oxygens (including phenoxy) is 1. The third-order valence-electron chi connectivity index (χ3n) is 3.03. The van der Waals surface area contributed by atoms with Crippen molar-refractivity contribution in [3.8, 4) is 0 Å². The lowest BCUT2D eigenvalue weighted by molar-refractivity contribution is -0.136. The Balaban J connectivity index is 2.58. The molecule has 0 aliphatic heterocycles. The smallest absolute Gasteiger partial charge is 0.308 e. The fourth-order valence-corrected chi connectivity index (χ4v) is 2.25. The van der Waals surface area contributed by atoms with Crippen LogP contribution in [-0.2, 0) is 9.53 Å². The van der Waals surface area contributed by atoms with E-state index >= 15 is 0 Å². The summed E-state index contributed by atoms with van der Waals surface area (Å²) < 4.78 is 5.01. The molecule has 1 aliphatic carbocycles. The first-order valence-electron chi connectivity index (χ1n) is 6.51. The van der Waals surface area contributed by atoms with Gasteiger partial charge in [0.2, 0.25) is 5.78 Å². The molecule has 0 N–H and O–H groups in total. The summed E-state index contributed by atoms with van der Waals surface area (Å²) in [7, 11) is 0. The zero-order valence-electron chi connectivity index (χ0n) is 11.7. The van der Waals surface area contributed by atoms with E-state index in [1.54, 1.807) is 24.3 Å². The lowest BCUT2D eigenvalue weighted by Gasteiger charge is -2.21. The van der Waals surface area contributed by atoms with Crippen LogP contribution in [0.4, 0.5) is 0 Å². The Morgan fingerprint density at radius 3 is 2.15 bits per heavy atom. The molecule has 1 aromatic rings. The van der Waals surface area contributed by atoms with Gasteiger partial charge in [0.25, 0.3) is 0 Å². The van der Waals surface area contributed by atoms with E-state index in [1.165, 1.54) is 6.92 Å². The second kappa shape index (κ2) is 5.41. The largest absolute Gasteiger partial charge is 0.422 e. The average molecular weight is 272 g/mol. The number of fused-ring (bicyclic) bond motifs is 1. The zero-order valence-corrected chi connectivity index (χ0v) is 11.7. The van der Waals surface area contributed by atoms with Gasteiger partial charge in [0.05, 0.1) is 0 Å². The van der Waals surface area contributed by atoms with Gasteiger partial charge in [-0.05, 0) is 12.3 Å². The van der Waals surface area contributed by atoms with E-state index in [-0.39, 0.29) is 17.5 Å². The predicted molar refractivity (Wildman–Crippen MR) is 73.4 cm³/mol. The maximum Gasteiger partial charge on any atom is 0.308 e. The van der Waals surface area contributed by atoms with Crippen LogP contribution in [0.2, 0.25) is 0 Å². The van der Waals surface area contributed by atoms with Crippen LogP contribution in [0.25, 0.3) is 0 Å². The first-order chi connectivity index (χ1) is 9.41. The summed E-state index contributed by atoms with van der Waals surface area (Å²) in [6.07, 6.45) is 0.404. The van der Waals surface area contributed by atoms with Crippen LogP contribution < -0.4 is 0 Å². The summed E-state index contributed by atoms with van der Waals surface area (Å²) in [4.78, 5) is 36.1. The number of Topliss-reactive ketones (excluding diaryl/α,β-unsaturated/α-hetero) is 2. The maximum absolute atomic E-state index is 12.5. The number of carbonyl (C=O) groups excluding carboxylic acids is 3. The van der Waals surface area contributed by atoms with Crippen molar-refractivity contribution < 1.29 is 19.1 Å². The molecule has 0 saturated carbocycles. The van der Waals surface area contributed by atoms with E-state index in [0.717, 1.165) is 0 Å². The molecule has 0 aromatic heterocycles. The van der Waals surface area contributed by atoms with Crippen LogP contribution in [0.1, 0.15) is 47.9 Å². The van der Waals surface area contributed by atoms with Gasteiger partial charge < -0.3 is 4.74 Å². The van der Waals surface area contributed by atoms with Crippen molar-refractivity contribution in [2.24, 2.45) is 5.92 Å². The minimum absolute atomic E-state index is 0.116. The first kappa shape index (κ1) is 14.2. The van der Waals surface area contributed by atoms with Gasteiger partial charge in [-0.1, -0.05) is 38.1 Å². The molecule has 0 spiro atoms. The Labute approximate surface area is 117 Å². The fourth-order valence-electron chi connectivity index (χ4n) is 2.25. The molecule has 0 amide bonds. The molecule has 0 fully saturated rings. The Morgan fingerprint density at radius 1 is 1.10 bits per heavy atom. The van der Waals surface area contributed by atoms with E-state index in [2.05, 4.69) is 0 Å². The van der Waals surface area contributed by atoms with Crippen LogP contribution in [0.15, 0.2) is 35.6 Å². The highest BCUT2D eigenvalue weighted by atomic mass is 16.5. The topological polar surface area (TPSA) is 60.4 Å². The van der Waals surface area contributed by atoms with Crippen molar-refractivity contribution >= 4 is 17.5 Å². The normalized spacial score (nSPS) is 14.6. The van der Waals surface area contributed by atoms with Gasteiger partial charge in [-0.15, -0.1) is 0 Å². The number of hydrogen-bond donors (Lipinski definition) is 0.